The fourth-order valence-electron chi connectivity index (χ4n) is 0.884. The van der Waals surface area contributed by atoms with Gasteiger partial charge in [-0.05, 0) is 10.1 Å². The average Bonchev–Trinajstić information content (AvgIpc) is 2.05. The molecule has 0 fully saturated rings. The zero-order valence-corrected chi connectivity index (χ0v) is 8.32. The molecule has 0 saturated heterocycles. The summed E-state index contributed by atoms with van der Waals surface area (Å²) >= 11 is 0. The van der Waals surface area contributed by atoms with Crippen molar-refractivity contribution in [2.75, 3.05) is 0 Å². The van der Waals surface area contributed by atoms with Crippen LogP contribution in [0.4, 0.5) is 4.79 Å². The lowest BCUT2D eigenvalue weighted by Gasteiger charge is -2.00. The summed E-state index contributed by atoms with van der Waals surface area (Å²) < 4.78 is 0. The maximum absolute atomic E-state index is 10.5. The first-order chi connectivity index (χ1) is 5.22. The van der Waals surface area contributed by atoms with Crippen molar-refractivity contribution in [1.82, 2.24) is 0 Å². The molecule has 4 heteroatoms. The highest BCUT2D eigenvalue weighted by atomic mass is 28.1. The maximum Gasteiger partial charge on any atom is 0.289 e. The fraction of sp³-hybridized carbons (Fsp3) is 0. The summed E-state index contributed by atoms with van der Waals surface area (Å²) in [7, 11) is 0.662. The number of hydrogen-bond acceptors (Lipinski definition) is 1. The van der Waals surface area contributed by atoms with Gasteiger partial charge in [-0.15, -0.1) is 0 Å². The summed E-state index contributed by atoms with van der Waals surface area (Å²) in [6.07, 6.45) is -0.267. The minimum absolute atomic E-state index is 0.267. The number of hydrogen-bond donors (Lipinski definition) is 1. The normalized spacial score (nSPS) is 9.45. The second kappa shape index (κ2) is 3.39. The Labute approximate surface area is 68.7 Å². The summed E-state index contributed by atoms with van der Waals surface area (Å²) in [5.74, 6) is -0.720. The van der Waals surface area contributed by atoms with E-state index in [2.05, 4.69) is 0 Å². The molecule has 1 aromatic rings. The fourth-order valence-corrected chi connectivity index (χ4v) is 1.27. The zero-order chi connectivity index (χ0) is 8.27. The number of rotatable bonds is 2. The topological polar surface area (TPSA) is 37.3 Å². The highest BCUT2D eigenvalue weighted by molar-refractivity contribution is 7.26. The Balaban J connectivity index is 2.85. The molecule has 1 rings (SSSR count). The number of benzene rings is 1. The second-order valence-corrected chi connectivity index (χ2v) is 3.63. The number of carbonyl (C=O) groups is 1. The van der Waals surface area contributed by atoms with E-state index in [1.807, 2.05) is 30.3 Å². The van der Waals surface area contributed by atoms with Crippen molar-refractivity contribution in [2.24, 2.45) is 0 Å². The molecule has 0 radical (unpaired) electrons. The summed E-state index contributed by atoms with van der Waals surface area (Å²) in [5, 5.41) is 8.67. The van der Waals surface area contributed by atoms with Crippen molar-refractivity contribution in [1.29, 1.82) is 0 Å². The molecule has 1 aromatic carbocycles. The Hall–Kier alpha value is -1.03. The third-order valence-electron chi connectivity index (χ3n) is 1.67. The predicted octanol–water partition coefficient (Wildman–Crippen LogP) is -0.490. The van der Waals surface area contributed by atoms with E-state index < -0.39 is 5.87 Å². The molecule has 0 aromatic heterocycles. The minimum Gasteiger partial charge on any atom is -0.489 e. The third kappa shape index (κ3) is 1.95. The van der Waals surface area contributed by atoms with Crippen LogP contribution in [0.25, 0.3) is 0 Å². The minimum atomic E-state index is -0.720. The van der Waals surface area contributed by atoms with Crippen molar-refractivity contribution in [3.05, 3.63) is 30.3 Å². The monoisotopic (exact) mass is 164 g/mol. The van der Waals surface area contributed by atoms with E-state index in [4.69, 9.17) is 5.11 Å². The van der Waals surface area contributed by atoms with Crippen LogP contribution in [0, 0.1) is 0 Å². The van der Waals surface area contributed by atoms with E-state index in [0.717, 1.165) is 5.46 Å². The number of carboxylic acid groups (broad SMARTS) is 1. The van der Waals surface area contributed by atoms with E-state index in [1.54, 1.807) is 0 Å². The van der Waals surface area contributed by atoms with Crippen molar-refractivity contribution < 1.29 is 9.90 Å². The van der Waals surface area contributed by atoms with Crippen molar-refractivity contribution in [3.63, 3.8) is 0 Å². The van der Waals surface area contributed by atoms with Gasteiger partial charge in [-0.1, -0.05) is 35.8 Å². The highest BCUT2D eigenvalue weighted by Crippen LogP contribution is 1.86. The molecule has 1 N–H and O–H groups in total. The Kier molecular flexibility index (Phi) is 2.49. The van der Waals surface area contributed by atoms with Gasteiger partial charge in [0, 0.05) is 0 Å². The smallest absolute Gasteiger partial charge is 0.289 e. The van der Waals surface area contributed by atoms with Crippen LogP contribution in [0.1, 0.15) is 0 Å². The first kappa shape index (κ1) is 8.07. The molecule has 11 heavy (non-hydrogen) atoms. The van der Waals surface area contributed by atoms with Gasteiger partial charge in [-0.3, -0.25) is 4.79 Å². The summed E-state index contributed by atoms with van der Waals surface area (Å²) in [6, 6.07) is 9.32. The quantitative estimate of drug-likeness (QED) is 0.599. The second-order valence-electron chi connectivity index (χ2n) is 2.47. The molecule has 2 nitrogen and oxygen atoms in total. The molecule has 0 aliphatic heterocycles. The lowest BCUT2D eigenvalue weighted by molar-refractivity contribution is 0.220. The van der Waals surface area contributed by atoms with E-state index in [1.165, 1.54) is 0 Å². The SMILES string of the molecule is O=C(O)B([SiH3])c1ccccc1. The first-order valence-corrected chi connectivity index (χ1v) is 4.65. The first-order valence-electron chi connectivity index (χ1n) is 3.49. The summed E-state index contributed by atoms with van der Waals surface area (Å²) in [4.78, 5) is 10.5. The van der Waals surface area contributed by atoms with Crippen molar-refractivity contribution in [2.45, 2.75) is 0 Å². The molecule has 0 saturated carbocycles. The average molecular weight is 164 g/mol. The van der Waals surface area contributed by atoms with Gasteiger partial charge in [0.2, 0.25) is 0 Å². The van der Waals surface area contributed by atoms with Crippen LogP contribution in [0.5, 0.6) is 0 Å². The van der Waals surface area contributed by atoms with E-state index in [9.17, 15) is 4.79 Å². The van der Waals surface area contributed by atoms with Gasteiger partial charge in [0.15, 0.2) is 0 Å². The van der Waals surface area contributed by atoms with Crippen LogP contribution >= 0.6 is 0 Å². The van der Waals surface area contributed by atoms with Crippen molar-refractivity contribution in [3.8, 4) is 0 Å². The predicted molar refractivity (Wildman–Crippen MR) is 49.8 cm³/mol. The largest absolute Gasteiger partial charge is 0.489 e. The highest BCUT2D eigenvalue weighted by Gasteiger charge is 2.17. The molecule has 0 unspecified atom stereocenters. The molecule has 0 bridgehead atoms. The molecular weight excluding hydrogens is 155 g/mol. The molecular formula is C7H9BO2Si. The van der Waals surface area contributed by atoms with Gasteiger partial charge in [0.1, 0.15) is 0 Å². The molecule has 0 amide bonds. The Bertz CT molecular complexity index is 250. The van der Waals surface area contributed by atoms with Gasteiger partial charge < -0.3 is 5.11 Å². The molecule has 56 valence electrons. The van der Waals surface area contributed by atoms with E-state index >= 15 is 0 Å². The van der Waals surface area contributed by atoms with Crippen molar-refractivity contribution >= 4 is 27.7 Å². The third-order valence-corrected chi connectivity index (χ3v) is 2.83. The van der Waals surface area contributed by atoms with Gasteiger partial charge in [-0.2, -0.15) is 0 Å². The van der Waals surface area contributed by atoms with Crippen LogP contribution in [-0.4, -0.2) is 27.4 Å². The molecule has 0 spiro atoms. The Morgan fingerprint density at radius 3 is 2.36 bits per heavy atom. The Morgan fingerprint density at radius 1 is 1.36 bits per heavy atom. The van der Waals surface area contributed by atoms with Crippen LogP contribution in [-0.2, 0) is 0 Å². The van der Waals surface area contributed by atoms with Gasteiger partial charge in [0.25, 0.3) is 12.2 Å². The molecule has 0 atom stereocenters. The molecule has 0 heterocycles. The maximum atomic E-state index is 10.5. The van der Waals surface area contributed by atoms with Crippen LogP contribution in [0.15, 0.2) is 30.3 Å². The Morgan fingerprint density at radius 2 is 1.91 bits per heavy atom. The van der Waals surface area contributed by atoms with Gasteiger partial charge in [0.05, 0.1) is 0 Å². The standard InChI is InChI=1S/C7H9BO2Si/c9-7(10)8(11)6-4-2-1-3-5-6/h1-5H,11H3,(H,9,10). The van der Waals surface area contributed by atoms with E-state index in [-0.39, 0.29) is 6.31 Å². The molecule has 0 aliphatic rings. The van der Waals surface area contributed by atoms with Gasteiger partial charge in [-0.25, -0.2) is 0 Å². The summed E-state index contributed by atoms with van der Waals surface area (Å²) in [6.45, 7) is 0. The van der Waals surface area contributed by atoms with E-state index in [0.29, 0.717) is 10.1 Å². The van der Waals surface area contributed by atoms with Crippen LogP contribution < -0.4 is 5.46 Å². The lowest BCUT2D eigenvalue weighted by atomic mass is 9.68. The van der Waals surface area contributed by atoms with Crippen LogP contribution in [0.2, 0.25) is 0 Å². The summed E-state index contributed by atoms with van der Waals surface area (Å²) in [5.41, 5.74) is 0.909. The van der Waals surface area contributed by atoms with Gasteiger partial charge >= 0.3 is 0 Å². The van der Waals surface area contributed by atoms with Crippen LogP contribution in [0.3, 0.4) is 0 Å². The lowest BCUT2D eigenvalue weighted by Crippen LogP contribution is -2.38. The zero-order valence-electron chi connectivity index (χ0n) is 6.32. The molecule has 0 aliphatic carbocycles.